The molecule has 0 radical (unpaired) electrons. The Kier molecular flexibility index (Phi) is 2.41. The van der Waals surface area contributed by atoms with Gasteiger partial charge in [-0.2, -0.15) is 0 Å². The average molecular weight is 269 g/mol. The fourth-order valence-electron chi connectivity index (χ4n) is 2.48. The summed E-state index contributed by atoms with van der Waals surface area (Å²) in [5.41, 5.74) is 1.12. The molecule has 2 aliphatic rings. The summed E-state index contributed by atoms with van der Waals surface area (Å²) in [7, 11) is 0. The number of aromatic nitrogens is 1. The number of hydrogen-bond acceptors (Lipinski definition) is 3. The first-order valence-electron chi connectivity index (χ1n) is 5.34. The summed E-state index contributed by atoms with van der Waals surface area (Å²) >= 11 is 3.49. The van der Waals surface area contributed by atoms with E-state index >= 15 is 0 Å². The van der Waals surface area contributed by atoms with Gasteiger partial charge >= 0.3 is 0 Å². The van der Waals surface area contributed by atoms with Gasteiger partial charge in [0.15, 0.2) is 0 Å². The lowest BCUT2D eigenvalue weighted by Gasteiger charge is -2.21. The highest BCUT2D eigenvalue weighted by Crippen LogP contribution is 2.36. The summed E-state index contributed by atoms with van der Waals surface area (Å²) < 4.78 is 6.82. The molecule has 15 heavy (non-hydrogen) atoms. The Morgan fingerprint density at radius 1 is 1.47 bits per heavy atom. The molecule has 3 rings (SSSR count). The first kappa shape index (κ1) is 9.60. The standard InChI is InChI=1S/C11H13BrN2O/c12-8-6-13-4-3-9(8)14-10-5-7-1-2-11(10)15-7/h3-4,6-7,10-11H,1-2,5H2,(H,13,14). The molecule has 0 saturated carbocycles. The van der Waals surface area contributed by atoms with Crippen LogP contribution in [0.25, 0.3) is 0 Å². The highest BCUT2D eigenvalue weighted by Gasteiger charge is 2.40. The monoisotopic (exact) mass is 268 g/mol. The minimum absolute atomic E-state index is 0.412. The molecule has 0 amide bonds. The molecule has 0 aromatic carbocycles. The summed E-state index contributed by atoms with van der Waals surface area (Å²) in [4.78, 5) is 4.05. The van der Waals surface area contributed by atoms with E-state index in [0.29, 0.717) is 18.2 Å². The largest absolute Gasteiger partial charge is 0.379 e. The fraction of sp³-hybridized carbons (Fsp3) is 0.545. The third kappa shape index (κ3) is 1.76. The topological polar surface area (TPSA) is 34.2 Å². The molecule has 80 valence electrons. The van der Waals surface area contributed by atoms with Crippen LogP contribution in [0.4, 0.5) is 5.69 Å². The van der Waals surface area contributed by atoms with Crippen molar-refractivity contribution in [3.8, 4) is 0 Å². The number of nitrogens with zero attached hydrogens (tertiary/aromatic N) is 1. The molecule has 1 N–H and O–H groups in total. The lowest BCUT2D eigenvalue weighted by Crippen LogP contribution is -2.30. The molecule has 1 aromatic rings. The Labute approximate surface area is 97.4 Å². The molecule has 4 heteroatoms. The van der Waals surface area contributed by atoms with Gasteiger partial charge in [0.05, 0.1) is 28.4 Å². The van der Waals surface area contributed by atoms with Crippen LogP contribution < -0.4 is 5.32 Å². The predicted molar refractivity (Wildman–Crippen MR) is 61.9 cm³/mol. The Hall–Kier alpha value is -0.610. The van der Waals surface area contributed by atoms with Gasteiger partial charge in [0.25, 0.3) is 0 Å². The van der Waals surface area contributed by atoms with Crippen molar-refractivity contribution in [3.63, 3.8) is 0 Å². The summed E-state index contributed by atoms with van der Waals surface area (Å²) in [5, 5.41) is 3.53. The van der Waals surface area contributed by atoms with E-state index in [4.69, 9.17) is 4.74 Å². The van der Waals surface area contributed by atoms with Crippen LogP contribution in [-0.2, 0) is 4.74 Å². The maximum Gasteiger partial charge on any atom is 0.0781 e. The average Bonchev–Trinajstić information content (AvgIpc) is 2.83. The number of hydrogen-bond donors (Lipinski definition) is 1. The van der Waals surface area contributed by atoms with Crippen LogP contribution in [0, 0.1) is 0 Å². The van der Waals surface area contributed by atoms with Gasteiger partial charge in [0.1, 0.15) is 0 Å². The van der Waals surface area contributed by atoms with Crippen LogP contribution in [0.3, 0.4) is 0 Å². The van der Waals surface area contributed by atoms with Crippen molar-refractivity contribution < 1.29 is 4.74 Å². The second kappa shape index (κ2) is 3.76. The van der Waals surface area contributed by atoms with Crippen LogP contribution in [0.5, 0.6) is 0 Å². The number of fused-ring (bicyclic) bond motifs is 2. The minimum Gasteiger partial charge on any atom is -0.379 e. The molecule has 0 aliphatic carbocycles. The SMILES string of the molecule is Brc1cnccc1NC1CC2CCC1O2. The van der Waals surface area contributed by atoms with E-state index in [-0.39, 0.29) is 0 Å². The lowest BCUT2D eigenvalue weighted by atomic mass is 9.95. The van der Waals surface area contributed by atoms with E-state index in [0.717, 1.165) is 16.6 Å². The summed E-state index contributed by atoms with van der Waals surface area (Å²) in [6.07, 6.45) is 8.10. The first-order chi connectivity index (χ1) is 7.33. The van der Waals surface area contributed by atoms with Gasteiger partial charge in [-0.1, -0.05) is 0 Å². The zero-order valence-corrected chi connectivity index (χ0v) is 9.90. The highest BCUT2D eigenvalue weighted by molar-refractivity contribution is 9.10. The van der Waals surface area contributed by atoms with Crippen molar-refractivity contribution in [2.45, 2.75) is 37.5 Å². The molecule has 2 saturated heterocycles. The van der Waals surface area contributed by atoms with E-state index < -0.39 is 0 Å². The highest BCUT2D eigenvalue weighted by atomic mass is 79.9. The molecular formula is C11H13BrN2O. The molecule has 1 aromatic heterocycles. The van der Waals surface area contributed by atoms with Gasteiger partial charge in [0.2, 0.25) is 0 Å². The summed E-state index contributed by atoms with van der Waals surface area (Å²) in [6.45, 7) is 0. The zero-order valence-electron chi connectivity index (χ0n) is 8.32. The van der Waals surface area contributed by atoms with Crippen molar-refractivity contribution >= 4 is 21.6 Å². The normalized spacial score (nSPS) is 33.3. The van der Waals surface area contributed by atoms with Crippen molar-refractivity contribution in [2.75, 3.05) is 5.32 Å². The minimum atomic E-state index is 0.412. The number of pyridine rings is 1. The second-order valence-corrected chi connectivity index (χ2v) is 5.07. The van der Waals surface area contributed by atoms with Gasteiger partial charge in [-0.15, -0.1) is 0 Å². The maximum atomic E-state index is 5.80. The third-order valence-corrected chi connectivity index (χ3v) is 3.85. The lowest BCUT2D eigenvalue weighted by molar-refractivity contribution is 0.102. The maximum absolute atomic E-state index is 5.80. The molecule has 3 atom stereocenters. The number of ether oxygens (including phenoxy) is 1. The number of rotatable bonds is 2. The molecule has 2 aliphatic heterocycles. The van der Waals surface area contributed by atoms with Crippen molar-refractivity contribution in [1.29, 1.82) is 0 Å². The van der Waals surface area contributed by atoms with Crippen LogP contribution in [0.2, 0.25) is 0 Å². The van der Waals surface area contributed by atoms with Crippen LogP contribution in [0.1, 0.15) is 19.3 Å². The van der Waals surface area contributed by atoms with Gasteiger partial charge in [-0.3, -0.25) is 4.98 Å². The van der Waals surface area contributed by atoms with Crippen LogP contribution >= 0.6 is 15.9 Å². The summed E-state index contributed by atoms with van der Waals surface area (Å²) in [5.74, 6) is 0. The number of halogens is 1. The Bertz CT molecular complexity index is 371. The molecule has 0 spiro atoms. The van der Waals surface area contributed by atoms with E-state index in [9.17, 15) is 0 Å². The van der Waals surface area contributed by atoms with E-state index in [1.165, 1.54) is 12.8 Å². The predicted octanol–water partition coefficient (Wildman–Crippen LogP) is 2.58. The molecule has 3 unspecified atom stereocenters. The van der Waals surface area contributed by atoms with Gasteiger partial charge in [-0.25, -0.2) is 0 Å². The smallest absolute Gasteiger partial charge is 0.0781 e. The van der Waals surface area contributed by atoms with Crippen LogP contribution in [-0.4, -0.2) is 23.2 Å². The van der Waals surface area contributed by atoms with Crippen LogP contribution in [0.15, 0.2) is 22.9 Å². The van der Waals surface area contributed by atoms with Gasteiger partial charge in [-0.05, 0) is 41.3 Å². The van der Waals surface area contributed by atoms with Crippen molar-refractivity contribution in [1.82, 2.24) is 4.98 Å². The van der Waals surface area contributed by atoms with Gasteiger partial charge < -0.3 is 10.1 Å². The van der Waals surface area contributed by atoms with E-state index in [1.54, 1.807) is 6.20 Å². The Balaban J connectivity index is 1.73. The quantitative estimate of drug-likeness (QED) is 0.896. The molecular weight excluding hydrogens is 256 g/mol. The van der Waals surface area contributed by atoms with E-state index in [2.05, 4.69) is 26.2 Å². The molecule has 2 bridgehead atoms. The first-order valence-corrected chi connectivity index (χ1v) is 6.14. The molecule has 3 heterocycles. The summed E-state index contributed by atoms with van der Waals surface area (Å²) in [6, 6.07) is 2.47. The Morgan fingerprint density at radius 2 is 2.40 bits per heavy atom. The van der Waals surface area contributed by atoms with Crippen molar-refractivity contribution in [2.24, 2.45) is 0 Å². The van der Waals surface area contributed by atoms with E-state index in [1.807, 2.05) is 12.3 Å². The fourth-order valence-corrected chi connectivity index (χ4v) is 2.85. The molecule has 2 fully saturated rings. The third-order valence-electron chi connectivity index (χ3n) is 3.22. The number of nitrogens with one attached hydrogen (secondary N) is 1. The number of anilines is 1. The van der Waals surface area contributed by atoms with Crippen molar-refractivity contribution in [3.05, 3.63) is 22.9 Å². The Morgan fingerprint density at radius 3 is 3.07 bits per heavy atom. The zero-order chi connectivity index (χ0) is 10.3. The van der Waals surface area contributed by atoms with Gasteiger partial charge in [0, 0.05) is 12.4 Å². The second-order valence-electron chi connectivity index (χ2n) is 4.22. The molecule has 3 nitrogen and oxygen atoms in total.